The largest absolute Gasteiger partial charge is 0.493 e. The van der Waals surface area contributed by atoms with Gasteiger partial charge in [0.25, 0.3) is 0 Å². The van der Waals surface area contributed by atoms with Gasteiger partial charge in [-0.2, -0.15) is 0 Å². The van der Waals surface area contributed by atoms with Gasteiger partial charge in [0.1, 0.15) is 5.15 Å². The van der Waals surface area contributed by atoms with E-state index in [1.807, 2.05) is 6.92 Å². The number of hydrogen-bond donors (Lipinski definition) is 2. The number of pyridine rings is 2. The lowest BCUT2D eigenvalue weighted by atomic mass is 9.92. The number of halogens is 1. The van der Waals surface area contributed by atoms with Crippen molar-refractivity contribution in [2.75, 3.05) is 13.7 Å². The first-order chi connectivity index (χ1) is 8.45. The molecule has 2 heterocycles. The molecule has 0 radical (unpaired) electrons. The minimum Gasteiger partial charge on any atom is -0.493 e. The molecule has 1 atom stereocenters. The van der Waals surface area contributed by atoms with E-state index in [2.05, 4.69) is 9.97 Å². The van der Waals surface area contributed by atoms with Crippen LogP contribution in [0.4, 0.5) is 0 Å². The van der Waals surface area contributed by atoms with Gasteiger partial charge in [-0.25, -0.2) is 9.97 Å². The summed E-state index contributed by atoms with van der Waals surface area (Å²) in [6.45, 7) is 2.16. The number of hydrogen-bond acceptors (Lipinski definition) is 5. The number of aromatic hydroxyl groups is 1. The smallest absolute Gasteiger partial charge is 0.220 e. The highest BCUT2D eigenvalue weighted by molar-refractivity contribution is 6.30. The van der Waals surface area contributed by atoms with Crippen LogP contribution >= 0.6 is 11.6 Å². The van der Waals surface area contributed by atoms with E-state index in [0.29, 0.717) is 17.1 Å². The standard InChI is InChI=1S/C12H14ClN3O2/c1-12(14,6-18-2)9-5-16-11(17)8-4-15-10(13)3-7(8)9/h3-5H,6,14H2,1-2H3,(H,16,17)/t12-/m1/s1. The first-order valence-corrected chi connectivity index (χ1v) is 5.75. The van der Waals surface area contributed by atoms with Gasteiger partial charge < -0.3 is 15.6 Å². The first-order valence-electron chi connectivity index (χ1n) is 5.37. The van der Waals surface area contributed by atoms with Crippen LogP contribution in [0.3, 0.4) is 0 Å². The summed E-state index contributed by atoms with van der Waals surface area (Å²) in [4.78, 5) is 7.85. The summed E-state index contributed by atoms with van der Waals surface area (Å²) in [5.74, 6) is -0.0915. The third-order valence-corrected chi connectivity index (χ3v) is 2.98. The molecule has 2 aromatic rings. The Morgan fingerprint density at radius 1 is 1.39 bits per heavy atom. The van der Waals surface area contributed by atoms with E-state index in [9.17, 15) is 5.11 Å². The van der Waals surface area contributed by atoms with Crippen molar-refractivity contribution in [3.63, 3.8) is 0 Å². The zero-order valence-electron chi connectivity index (χ0n) is 10.1. The van der Waals surface area contributed by atoms with Gasteiger partial charge in [0.2, 0.25) is 5.88 Å². The van der Waals surface area contributed by atoms with Crippen molar-refractivity contribution >= 4 is 22.4 Å². The maximum atomic E-state index is 9.72. The average Bonchev–Trinajstić information content (AvgIpc) is 2.28. The molecule has 5 nitrogen and oxygen atoms in total. The zero-order chi connectivity index (χ0) is 13.3. The molecule has 0 fully saturated rings. The number of methoxy groups -OCH3 is 1. The van der Waals surface area contributed by atoms with Crippen molar-refractivity contribution in [3.8, 4) is 5.88 Å². The van der Waals surface area contributed by atoms with Gasteiger partial charge in [-0.3, -0.25) is 0 Å². The molecule has 0 aliphatic carbocycles. The van der Waals surface area contributed by atoms with Crippen molar-refractivity contribution in [3.05, 3.63) is 29.2 Å². The van der Waals surface area contributed by atoms with Crippen molar-refractivity contribution < 1.29 is 9.84 Å². The van der Waals surface area contributed by atoms with Crippen LogP contribution < -0.4 is 5.73 Å². The molecule has 96 valence electrons. The van der Waals surface area contributed by atoms with Gasteiger partial charge in [0, 0.05) is 25.1 Å². The zero-order valence-corrected chi connectivity index (χ0v) is 10.9. The lowest BCUT2D eigenvalue weighted by molar-refractivity contribution is 0.141. The van der Waals surface area contributed by atoms with Crippen molar-refractivity contribution in [2.45, 2.75) is 12.5 Å². The van der Waals surface area contributed by atoms with Gasteiger partial charge in [-0.05, 0) is 18.4 Å². The number of nitrogens with two attached hydrogens (primary N) is 1. The van der Waals surface area contributed by atoms with Crippen LogP contribution in [0.2, 0.25) is 5.15 Å². The summed E-state index contributed by atoms with van der Waals surface area (Å²) in [7, 11) is 1.58. The highest BCUT2D eigenvalue weighted by Crippen LogP contribution is 2.31. The number of ether oxygens (including phenoxy) is 1. The van der Waals surface area contributed by atoms with Crippen molar-refractivity contribution in [1.82, 2.24) is 9.97 Å². The lowest BCUT2D eigenvalue weighted by Gasteiger charge is -2.25. The number of aromatic nitrogens is 2. The molecule has 3 N–H and O–H groups in total. The summed E-state index contributed by atoms with van der Waals surface area (Å²) >= 11 is 5.88. The molecule has 2 aromatic heterocycles. The lowest BCUT2D eigenvalue weighted by Crippen LogP contribution is -2.38. The molecule has 0 saturated carbocycles. The highest BCUT2D eigenvalue weighted by Gasteiger charge is 2.25. The van der Waals surface area contributed by atoms with Crippen LogP contribution in [0.1, 0.15) is 12.5 Å². The van der Waals surface area contributed by atoms with E-state index in [0.717, 1.165) is 10.9 Å². The van der Waals surface area contributed by atoms with Crippen LogP contribution in [-0.2, 0) is 10.3 Å². The SMILES string of the molecule is COC[C@@](C)(N)c1cnc(O)c2cnc(Cl)cc12. The van der Waals surface area contributed by atoms with Gasteiger partial charge >= 0.3 is 0 Å². The molecule has 0 amide bonds. The van der Waals surface area contributed by atoms with Crippen LogP contribution in [0.5, 0.6) is 5.88 Å². The minimum atomic E-state index is -0.724. The van der Waals surface area contributed by atoms with Crippen LogP contribution in [-0.4, -0.2) is 28.8 Å². The fourth-order valence-electron chi connectivity index (χ4n) is 1.93. The molecular weight excluding hydrogens is 254 g/mol. The molecule has 0 bridgehead atoms. The van der Waals surface area contributed by atoms with Crippen LogP contribution in [0.25, 0.3) is 10.8 Å². The Morgan fingerprint density at radius 3 is 2.78 bits per heavy atom. The molecule has 0 aromatic carbocycles. The predicted molar refractivity (Wildman–Crippen MR) is 69.6 cm³/mol. The summed E-state index contributed by atoms with van der Waals surface area (Å²) in [5, 5.41) is 11.3. The Labute approximate surface area is 110 Å². The Bertz CT molecular complexity index is 587. The maximum absolute atomic E-state index is 9.72. The van der Waals surface area contributed by atoms with E-state index in [1.165, 1.54) is 12.4 Å². The highest BCUT2D eigenvalue weighted by atomic mass is 35.5. The minimum absolute atomic E-state index is 0.0915. The predicted octanol–water partition coefficient (Wildman–Crippen LogP) is 1.81. The molecule has 0 aliphatic rings. The second-order valence-electron chi connectivity index (χ2n) is 4.40. The Balaban J connectivity index is 2.72. The molecule has 0 aliphatic heterocycles. The summed E-state index contributed by atoms with van der Waals surface area (Å²) < 4.78 is 5.11. The molecular formula is C12H14ClN3O2. The maximum Gasteiger partial charge on any atom is 0.220 e. The summed E-state index contributed by atoms with van der Waals surface area (Å²) in [6.07, 6.45) is 3.01. The van der Waals surface area contributed by atoms with E-state index in [4.69, 9.17) is 22.1 Å². The van der Waals surface area contributed by atoms with Crippen molar-refractivity contribution in [2.24, 2.45) is 5.73 Å². The van der Waals surface area contributed by atoms with E-state index in [1.54, 1.807) is 13.2 Å². The fourth-order valence-corrected chi connectivity index (χ4v) is 2.09. The molecule has 0 spiro atoms. The Hall–Kier alpha value is -1.43. The van der Waals surface area contributed by atoms with E-state index < -0.39 is 5.54 Å². The Morgan fingerprint density at radius 2 is 2.11 bits per heavy atom. The monoisotopic (exact) mass is 267 g/mol. The quantitative estimate of drug-likeness (QED) is 0.829. The van der Waals surface area contributed by atoms with Crippen LogP contribution in [0, 0.1) is 0 Å². The van der Waals surface area contributed by atoms with E-state index >= 15 is 0 Å². The number of rotatable bonds is 3. The second kappa shape index (κ2) is 4.68. The normalized spacial score (nSPS) is 14.7. The van der Waals surface area contributed by atoms with Crippen molar-refractivity contribution in [1.29, 1.82) is 0 Å². The van der Waals surface area contributed by atoms with Gasteiger partial charge in [0.05, 0.1) is 17.5 Å². The fraction of sp³-hybridized carbons (Fsp3) is 0.333. The molecule has 6 heteroatoms. The van der Waals surface area contributed by atoms with Gasteiger partial charge in [0.15, 0.2) is 0 Å². The third kappa shape index (κ3) is 2.25. The number of nitrogens with zero attached hydrogens (tertiary/aromatic N) is 2. The van der Waals surface area contributed by atoms with Crippen LogP contribution in [0.15, 0.2) is 18.5 Å². The topological polar surface area (TPSA) is 81.3 Å². The average molecular weight is 268 g/mol. The molecule has 18 heavy (non-hydrogen) atoms. The second-order valence-corrected chi connectivity index (χ2v) is 4.79. The molecule has 0 saturated heterocycles. The molecule has 0 unspecified atom stereocenters. The first kappa shape index (κ1) is 13.0. The third-order valence-electron chi connectivity index (χ3n) is 2.78. The molecule has 2 rings (SSSR count). The van der Waals surface area contributed by atoms with Gasteiger partial charge in [-0.15, -0.1) is 0 Å². The van der Waals surface area contributed by atoms with Gasteiger partial charge in [-0.1, -0.05) is 11.6 Å². The summed E-state index contributed by atoms with van der Waals surface area (Å²) in [6, 6.07) is 1.66. The van der Waals surface area contributed by atoms with E-state index in [-0.39, 0.29) is 5.88 Å². The Kier molecular flexibility index (Phi) is 3.38. The summed E-state index contributed by atoms with van der Waals surface area (Å²) in [5.41, 5.74) is 6.23. The number of fused-ring (bicyclic) bond motifs is 1.